The Morgan fingerprint density at radius 2 is 0.923 bits per heavy atom. The van der Waals surface area contributed by atoms with Gasteiger partial charge in [0.05, 0.1) is 0 Å². The van der Waals surface area contributed by atoms with Crippen molar-refractivity contribution in [2.75, 3.05) is 0 Å². The third-order valence-corrected chi connectivity index (χ3v) is 5.46. The van der Waals surface area contributed by atoms with Gasteiger partial charge in [0, 0.05) is 77.4 Å². The second kappa shape index (κ2) is 12.9. The second-order valence-corrected chi connectivity index (χ2v) is 8.08. The number of rotatable bonds is 4. The molecule has 0 aromatic carbocycles. The van der Waals surface area contributed by atoms with Gasteiger partial charge in [-0.3, -0.25) is 9.97 Å². The summed E-state index contributed by atoms with van der Waals surface area (Å²) in [5.74, 6) is -2.29. The Bertz CT molecular complexity index is 1270. The van der Waals surface area contributed by atoms with Gasteiger partial charge in [0.1, 0.15) is 0 Å². The fourth-order valence-corrected chi connectivity index (χ4v) is 3.28. The minimum absolute atomic E-state index is 0. The number of halogens is 7. The summed E-state index contributed by atoms with van der Waals surface area (Å²) >= 11 is 0. The van der Waals surface area contributed by atoms with Gasteiger partial charge in [-0.1, -0.05) is 6.92 Å². The summed E-state index contributed by atoms with van der Waals surface area (Å²) in [5.41, 5.74) is 11.5. The Balaban J connectivity index is 0.000000267. The molecule has 0 fully saturated rings. The average molecular weight is 572 g/mol. The van der Waals surface area contributed by atoms with Gasteiger partial charge >= 0.3 is 12.4 Å². The summed E-state index contributed by atoms with van der Waals surface area (Å²) in [7, 11) is 0. The van der Waals surface area contributed by atoms with Crippen molar-refractivity contribution in [1.29, 1.82) is 0 Å². The van der Waals surface area contributed by atoms with Crippen molar-refractivity contribution >= 4 is 12.4 Å². The van der Waals surface area contributed by atoms with Crippen molar-refractivity contribution < 1.29 is 26.3 Å². The zero-order chi connectivity index (χ0) is 28.1. The lowest BCUT2D eigenvalue weighted by molar-refractivity contribution is -0.145. The Hall–Kier alpha value is -3.71. The summed E-state index contributed by atoms with van der Waals surface area (Å²) in [6.07, 6.45) is -0.478. The molecular weight excluding hydrogens is 548 g/mol. The van der Waals surface area contributed by atoms with E-state index in [9.17, 15) is 26.3 Å². The highest BCUT2D eigenvalue weighted by Crippen LogP contribution is 2.28. The SMILES string of the molecule is CCc1cc(-c2cnc(C(F)(F)F)nc2)cnc1C.Cc1ncc(-c2cnc(C(F)(F)F)nc2)cc1CN.Cl. The molecule has 0 radical (unpaired) electrons. The fourth-order valence-electron chi connectivity index (χ4n) is 3.28. The monoisotopic (exact) mass is 571 g/mol. The molecular formula is C25H24ClF6N7. The van der Waals surface area contributed by atoms with E-state index in [1.165, 1.54) is 12.4 Å². The van der Waals surface area contributed by atoms with Crippen molar-refractivity contribution in [3.05, 3.63) is 83.5 Å². The molecule has 0 bridgehead atoms. The highest BCUT2D eigenvalue weighted by Gasteiger charge is 2.35. The number of hydrogen-bond donors (Lipinski definition) is 1. The first-order valence-electron chi connectivity index (χ1n) is 11.2. The van der Waals surface area contributed by atoms with Crippen LogP contribution in [0, 0.1) is 13.8 Å². The van der Waals surface area contributed by atoms with Crippen LogP contribution in [0.3, 0.4) is 0 Å². The molecule has 14 heteroatoms. The largest absolute Gasteiger partial charge is 0.451 e. The predicted molar refractivity (Wildman–Crippen MR) is 135 cm³/mol. The lowest BCUT2D eigenvalue weighted by atomic mass is 10.1. The Morgan fingerprint density at radius 1 is 0.590 bits per heavy atom. The molecule has 208 valence electrons. The normalized spacial score (nSPS) is 11.3. The quantitative estimate of drug-likeness (QED) is 0.292. The van der Waals surface area contributed by atoms with Crippen molar-refractivity contribution in [3.63, 3.8) is 0 Å². The van der Waals surface area contributed by atoms with Gasteiger partial charge in [-0.15, -0.1) is 12.4 Å². The van der Waals surface area contributed by atoms with E-state index in [4.69, 9.17) is 5.73 Å². The van der Waals surface area contributed by atoms with Crippen LogP contribution in [0.4, 0.5) is 26.3 Å². The van der Waals surface area contributed by atoms with Gasteiger partial charge in [0.2, 0.25) is 11.6 Å². The molecule has 39 heavy (non-hydrogen) atoms. The highest BCUT2D eigenvalue weighted by molar-refractivity contribution is 5.85. The van der Waals surface area contributed by atoms with E-state index in [0.717, 1.165) is 46.9 Å². The smallest absolute Gasteiger partial charge is 0.326 e. The number of pyridine rings is 2. The number of alkyl halides is 6. The minimum Gasteiger partial charge on any atom is -0.326 e. The van der Waals surface area contributed by atoms with E-state index < -0.39 is 24.0 Å². The Morgan fingerprint density at radius 3 is 1.26 bits per heavy atom. The molecule has 4 aromatic heterocycles. The molecule has 0 atom stereocenters. The van der Waals surface area contributed by atoms with Crippen LogP contribution < -0.4 is 5.73 Å². The first kappa shape index (κ1) is 31.5. The van der Waals surface area contributed by atoms with Crippen LogP contribution in [0.2, 0.25) is 0 Å². The van der Waals surface area contributed by atoms with E-state index in [2.05, 4.69) is 29.9 Å². The van der Waals surface area contributed by atoms with Gasteiger partial charge in [0.25, 0.3) is 0 Å². The molecule has 0 spiro atoms. The molecule has 0 amide bonds. The minimum atomic E-state index is -4.54. The average Bonchev–Trinajstić information content (AvgIpc) is 2.89. The molecule has 4 rings (SSSR count). The van der Waals surface area contributed by atoms with Crippen LogP contribution in [0.1, 0.15) is 41.1 Å². The molecule has 7 nitrogen and oxygen atoms in total. The molecule has 0 aliphatic rings. The van der Waals surface area contributed by atoms with Crippen molar-refractivity contribution in [1.82, 2.24) is 29.9 Å². The van der Waals surface area contributed by atoms with E-state index in [1.54, 1.807) is 18.5 Å². The third kappa shape index (κ3) is 8.14. The summed E-state index contributed by atoms with van der Waals surface area (Å²) in [6, 6.07) is 3.67. The number of hydrogen-bond acceptors (Lipinski definition) is 7. The first-order valence-corrected chi connectivity index (χ1v) is 11.2. The van der Waals surface area contributed by atoms with Crippen molar-refractivity contribution in [3.8, 4) is 22.3 Å². The second-order valence-electron chi connectivity index (χ2n) is 8.08. The molecule has 4 heterocycles. The standard InChI is InChI=1S/C13H12F3N3.C12H11F3N4.ClH/c1-3-9-4-10(5-17-8(9)2)11-6-18-12(19-7-11)13(14,15)16;1-7-8(3-16)2-9(4-17-7)10-5-18-11(19-6-10)12(13,14)15;/h4-7H,3H2,1-2H3;2,4-6H,3,16H2,1H3;1H. The number of nitrogens with zero attached hydrogens (tertiary/aromatic N) is 6. The molecule has 0 saturated carbocycles. The topological polar surface area (TPSA) is 103 Å². The Kier molecular flexibility index (Phi) is 10.4. The van der Waals surface area contributed by atoms with Gasteiger partial charge in [-0.25, -0.2) is 19.9 Å². The molecule has 0 saturated heterocycles. The van der Waals surface area contributed by atoms with E-state index in [1.807, 2.05) is 26.8 Å². The Labute approximate surface area is 226 Å². The van der Waals surface area contributed by atoms with Gasteiger partial charge in [0.15, 0.2) is 0 Å². The van der Waals surface area contributed by atoms with Crippen LogP contribution in [0.25, 0.3) is 22.3 Å². The lowest BCUT2D eigenvalue weighted by Crippen LogP contribution is -2.10. The lowest BCUT2D eigenvalue weighted by Gasteiger charge is -2.07. The zero-order valence-electron chi connectivity index (χ0n) is 21.0. The van der Waals surface area contributed by atoms with Gasteiger partial charge in [-0.05, 0) is 43.5 Å². The molecule has 0 aliphatic heterocycles. The van der Waals surface area contributed by atoms with Crippen LogP contribution in [-0.4, -0.2) is 29.9 Å². The van der Waals surface area contributed by atoms with Gasteiger partial charge < -0.3 is 5.73 Å². The van der Waals surface area contributed by atoms with E-state index in [0.29, 0.717) is 23.2 Å². The molecule has 4 aromatic rings. The van der Waals surface area contributed by atoms with Crippen LogP contribution >= 0.6 is 12.4 Å². The first-order chi connectivity index (χ1) is 17.8. The maximum atomic E-state index is 12.4. The van der Waals surface area contributed by atoms with E-state index in [-0.39, 0.29) is 12.4 Å². The van der Waals surface area contributed by atoms with Crippen LogP contribution in [0.5, 0.6) is 0 Å². The predicted octanol–water partition coefficient (Wildman–Crippen LogP) is 6.17. The van der Waals surface area contributed by atoms with Crippen LogP contribution in [-0.2, 0) is 25.3 Å². The fraction of sp³-hybridized carbons (Fsp3) is 0.280. The highest BCUT2D eigenvalue weighted by atomic mass is 35.5. The van der Waals surface area contributed by atoms with E-state index >= 15 is 0 Å². The zero-order valence-corrected chi connectivity index (χ0v) is 21.8. The van der Waals surface area contributed by atoms with Gasteiger partial charge in [-0.2, -0.15) is 26.3 Å². The maximum absolute atomic E-state index is 12.4. The summed E-state index contributed by atoms with van der Waals surface area (Å²) < 4.78 is 74.1. The maximum Gasteiger partial charge on any atom is 0.451 e. The summed E-state index contributed by atoms with van der Waals surface area (Å²) in [6.45, 7) is 6.02. The van der Waals surface area contributed by atoms with Crippen molar-refractivity contribution in [2.45, 2.75) is 46.1 Å². The summed E-state index contributed by atoms with van der Waals surface area (Å²) in [4.78, 5) is 21.7. The number of nitrogens with two attached hydrogens (primary N) is 1. The molecule has 0 unspecified atom stereocenters. The van der Waals surface area contributed by atoms with Crippen molar-refractivity contribution in [2.24, 2.45) is 5.73 Å². The van der Waals surface area contributed by atoms with Crippen LogP contribution in [0.15, 0.2) is 49.3 Å². The number of aryl methyl sites for hydroxylation is 3. The number of aromatic nitrogens is 6. The summed E-state index contributed by atoms with van der Waals surface area (Å²) in [5, 5.41) is 0. The molecule has 0 aliphatic carbocycles. The molecule has 2 N–H and O–H groups in total. The third-order valence-electron chi connectivity index (χ3n) is 5.46.